The summed E-state index contributed by atoms with van der Waals surface area (Å²) >= 11 is 0. The van der Waals surface area contributed by atoms with E-state index in [2.05, 4.69) is 11.4 Å². The van der Waals surface area contributed by atoms with Crippen molar-refractivity contribution in [3.05, 3.63) is 28.3 Å². The van der Waals surface area contributed by atoms with Crippen LogP contribution in [-0.4, -0.2) is 49.8 Å². The molecule has 0 saturated carbocycles. The molecule has 1 saturated heterocycles. The van der Waals surface area contributed by atoms with E-state index >= 15 is 0 Å². The predicted octanol–water partition coefficient (Wildman–Crippen LogP) is 2.67. The van der Waals surface area contributed by atoms with Crippen molar-refractivity contribution in [2.45, 2.75) is 62.8 Å². The zero-order valence-electron chi connectivity index (χ0n) is 16.8. The maximum Gasteiger partial charge on any atom is 0.406 e. The van der Waals surface area contributed by atoms with Crippen molar-refractivity contribution in [3.63, 3.8) is 0 Å². The minimum atomic E-state index is -4.55. The number of halogens is 3. The average molecular weight is 459 g/mol. The number of hydrogen-bond donors (Lipinski definition) is 2. The Bertz CT molecular complexity index is 991. The van der Waals surface area contributed by atoms with Crippen LogP contribution in [0.4, 0.5) is 23.7 Å². The number of carbonyl (C=O) groups excluding carboxylic acids is 2. The molecule has 0 aromatic heterocycles. The Morgan fingerprint density at radius 1 is 1.10 bits per heavy atom. The van der Waals surface area contributed by atoms with E-state index in [0.29, 0.717) is 10.6 Å². The van der Waals surface area contributed by atoms with Crippen molar-refractivity contribution >= 4 is 27.6 Å². The monoisotopic (exact) mass is 459 g/mol. The lowest BCUT2D eigenvalue weighted by molar-refractivity contribution is -0.163. The maximum atomic E-state index is 12.6. The summed E-state index contributed by atoms with van der Waals surface area (Å²) in [6.45, 7) is -1.73. The van der Waals surface area contributed by atoms with Gasteiger partial charge in [-0.15, -0.1) is 0 Å². The van der Waals surface area contributed by atoms with E-state index in [9.17, 15) is 31.2 Å². The van der Waals surface area contributed by atoms with Crippen molar-refractivity contribution in [3.8, 4) is 0 Å². The number of sulfonamides is 1. The Hall–Kier alpha value is -2.30. The zero-order valence-corrected chi connectivity index (χ0v) is 17.7. The van der Waals surface area contributed by atoms with Gasteiger partial charge in [0.05, 0.1) is 5.25 Å². The molecule has 2 aliphatic carbocycles. The lowest BCUT2D eigenvalue weighted by Crippen LogP contribution is -2.50. The number of hydrogen-bond acceptors (Lipinski definition) is 4. The summed E-state index contributed by atoms with van der Waals surface area (Å²) in [6, 6.07) is 1.28. The Balaban J connectivity index is 1.44. The van der Waals surface area contributed by atoms with Crippen LogP contribution < -0.4 is 10.0 Å². The molecule has 31 heavy (non-hydrogen) atoms. The lowest BCUT2D eigenvalue weighted by atomic mass is 9.99. The highest BCUT2D eigenvalue weighted by Crippen LogP contribution is 2.38. The molecule has 3 aliphatic rings. The molecule has 1 aromatic rings. The molecule has 1 aliphatic heterocycles. The van der Waals surface area contributed by atoms with Crippen molar-refractivity contribution in [2.24, 2.45) is 0 Å². The summed E-state index contributed by atoms with van der Waals surface area (Å²) in [4.78, 5) is 25.2. The minimum absolute atomic E-state index is 0.166. The van der Waals surface area contributed by atoms with Crippen LogP contribution in [0.25, 0.3) is 0 Å². The van der Waals surface area contributed by atoms with Crippen LogP contribution in [0.3, 0.4) is 0 Å². The van der Waals surface area contributed by atoms with Gasteiger partial charge >= 0.3 is 12.2 Å². The van der Waals surface area contributed by atoms with Gasteiger partial charge in [0.1, 0.15) is 6.54 Å². The van der Waals surface area contributed by atoms with E-state index in [4.69, 9.17) is 0 Å². The molecule has 1 fully saturated rings. The van der Waals surface area contributed by atoms with Crippen molar-refractivity contribution < 1.29 is 31.2 Å². The third-order valence-corrected chi connectivity index (χ3v) is 7.98. The number of fused-ring (bicyclic) bond motifs is 2. The fraction of sp³-hybridized carbons (Fsp3) is 0.600. The lowest BCUT2D eigenvalue weighted by Gasteiger charge is -2.31. The second kappa shape index (κ2) is 7.99. The van der Waals surface area contributed by atoms with Gasteiger partial charge in [0.15, 0.2) is 0 Å². The first-order valence-electron chi connectivity index (χ1n) is 10.4. The zero-order chi connectivity index (χ0) is 22.4. The second-order valence-corrected chi connectivity index (χ2v) is 10.3. The highest BCUT2D eigenvalue weighted by Gasteiger charge is 2.40. The first kappa shape index (κ1) is 21.9. The number of urea groups is 1. The van der Waals surface area contributed by atoms with Gasteiger partial charge in [0, 0.05) is 18.7 Å². The number of anilines is 1. The normalized spacial score (nSPS) is 21.1. The van der Waals surface area contributed by atoms with Crippen LogP contribution in [-0.2, 0) is 40.5 Å². The Morgan fingerprint density at radius 3 is 2.26 bits per heavy atom. The summed E-state index contributed by atoms with van der Waals surface area (Å²) in [5.74, 6) is -0.891. The Morgan fingerprint density at radius 2 is 1.71 bits per heavy atom. The van der Waals surface area contributed by atoms with E-state index in [1.807, 2.05) is 4.72 Å². The van der Waals surface area contributed by atoms with Crippen LogP contribution in [0.2, 0.25) is 0 Å². The summed E-state index contributed by atoms with van der Waals surface area (Å²) in [7, 11) is -4.22. The molecular weight excluding hydrogens is 435 g/mol. The summed E-state index contributed by atoms with van der Waals surface area (Å²) in [5.41, 5.74) is 5.14. The number of piperidine rings is 1. The largest absolute Gasteiger partial charge is 0.406 e. The van der Waals surface area contributed by atoms with E-state index in [0.717, 1.165) is 49.7 Å². The number of amides is 3. The van der Waals surface area contributed by atoms with Crippen LogP contribution in [0.5, 0.6) is 0 Å². The Labute approximate surface area is 178 Å². The Kier molecular flexibility index (Phi) is 5.65. The maximum absolute atomic E-state index is 12.6. The van der Waals surface area contributed by atoms with Gasteiger partial charge in [-0.05, 0) is 67.2 Å². The third-order valence-electron chi connectivity index (χ3n) is 6.23. The average Bonchev–Trinajstić information content (AvgIpc) is 3.30. The molecule has 1 aromatic carbocycles. The van der Waals surface area contributed by atoms with Gasteiger partial charge in [-0.2, -0.15) is 13.2 Å². The fourth-order valence-corrected chi connectivity index (χ4v) is 6.07. The molecule has 11 heteroatoms. The number of likely N-dealkylation sites (tertiary alicyclic amines) is 1. The van der Waals surface area contributed by atoms with Crippen LogP contribution in [0.1, 0.15) is 47.9 Å². The number of nitrogens with one attached hydrogen (secondary N) is 2. The van der Waals surface area contributed by atoms with Crippen molar-refractivity contribution in [2.75, 3.05) is 18.4 Å². The predicted molar refractivity (Wildman–Crippen MR) is 107 cm³/mol. The first-order chi connectivity index (χ1) is 14.5. The summed E-state index contributed by atoms with van der Waals surface area (Å²) in [6.07, 6.45) is 0.141. The molecule has 3 amide bonds. The van der Waals surface area contributed by atoms with E-state index in [1.54, 1.807) is 0 Å². The van der Waals surface area contributed by atoms with Crippen molar-refractivity contribution in [1.29, 1.82) is 0 Å². The first-order valence-corrected chi connectivity index (χ1v) is 11.9. The number of rotatable bonds is 4. The van der Waals surface area contributed by atoms with Gasteiger partial charge in [0.2, 0.25) is 15.9 Å². The number of carbonyl (C=O) groups is 2. The molecule has 0 spiro atoms. The number of alkyl halides is 3. The van der Waals surface area contributed by atoms with E-state index in [1.165, 1.54) is 11.1 Å². The quantitative estimate of drug-likeness (QED) is 0.724. The van der Waals surface area contributed by atoms with E-state index < -0.39 is 46.4 Å². The van der Waals surface area contributed by atoms with Gasteiger partial charge in [-0.1, -0.05) is 6.07 Å². The highest BCUT2D eigenvalue weighted by atomic mass is 32.2. The van der Waals surface area contributed by atoms with Gasteiger partial charge in [-0.3, -0.25) is 4.79 Å². The molecule has 4 rings (SSSR count). The molecule has 2 N–H and O–H groups in total. The van der Waals surface area contributed by atoms with E-state index in [-0.39, 0.29) is 13.0 Å². The van der Waals surface area contributed by atoms with Gasteiger partial charge in [0.25, 0.3) is 0 Å². The standard InChI is InChI=1S/C20H24F3N3O4S/c21-20(22,23)11-26-8-7-14(10-17(26)27)31(29,30)25-19(28)24-18-15-5-1-3-12(15)9-13-4-2-6-16(13)18/h9,14H,1-8,10-11H2,(H2,24,25,28). The number of benzene rings is 1. The molecule has 7 nitrogen and oxygen atoms in total. The topological polar surface area (TPSA) is 95.6 Å². The smallest absolute Gasteiger partial charge is 0.334 e. The summed E-state index contributed by atoms with van der Waals surface area (Å²) < 4.78 is 64.8. The fourth-order valence-electron chi connectivity index (χ4n) is 4.82. The van der Waals surface area contributed by atoms with Crippen LogP contribution >= 0.6 is 0 Å². The molecule has 0 radical (unpaired) electrons. The minimum Gasteiger partial charge on any atom is -0.334 e. The van der Waals surface area contributed by atoms with Crippen LogP contribution in [0, 0.1) is 0 Å². The number of aryl methyl sites for hydroxylation is 2. The molecule has 170 valence electrons. The second-order valence-electron chi connectivity index (χ2n) is 8.38. The summed E-state index contributed by atoms with van der Waals surface area (Å²) in [5, 5.41) is 1.47. The molecular formula is C20H24F3N3O4S. The molecule has 1 atom stereocenters. The SMILES string of the molecule is O=C(Nc1c2c(cc3c1CCC3)CCC2)NS(=O)(=O)C1CCN(CC(F)(F)F)C(=O)C1. The highest BCUT2D eigenvalue weighted by molar-refractivity contribution is 7.90. The molecule has 1 heterocycles. The van der Waals surface area contributed by atoms with Gasteiger partial charge in [-0.25, -0.2) is 17.9 Å². The van der Waals surface area contributed by atoms with Crippen molar-refractivity contribution in [1.82, 2.24) is 9.62 Å². The number of nitrogens with zero attached hydrogens (tertiary/aromatic N) is 1. The van der Waals surface area contributed by atoms with Gasteiger partial charge < -0.3 is 10.2 Å². The van der Waals surface area contributed by atoms with Crippen LogP contribution in [0.15, 0.2) is 6.07 Å². The third kappa shape index (κ3) is 4.65. The molecule has 1 unspecified atom stereocenters. The molecule has 0 bridgehead atoms.